The number of amides is 2. The summed E-state index contributed by atoms with van der Waals surface area (Å²) in [5.41, 5.74) is 0.698. The van der Waals surface area contributed by atoms with E-state index in [9.17, 15) is 22.8 Å². The van der Waals surface area contributed by atoms with Crippen molar-refractivity contribution >= 4 is 29.1 Å². The smallest absolute Gasteiger partial charge is 0.350 e. The van der Waals surface area contributed by atoms with Crippen LogP contribution in [0.15, 0.2) is 79.0 Å². The Hall–Kier alpha value is -4.18. The molecule has 2 heterocycles. The Morgan fingerprint density at radius 3 is 2.43 bits per heavy atom. The number of carbonyl (C=O) groups is 2. The van der Waals surface area contributed by atoms with Crippen LogP contribution in [0.5, 0.6) is 0 Å². The van der Waals surface area contributed by atoms with Crippen LogP contribution in [0, 0.1) is 0 Å². The molecule has 11 heteroatoms. The fourth-order valence-corrected chi connectivity index (χ4v) is 3.69. The number of carbonyl (C=O) groups excluding carboxylic acids is 2. The standard InChI is InChI=1S/C26H21ClF3N5O2/c1-16(17-10-11-22(31-14-17)25(37)33-19-7-3-2-4-8-19)24(36)32-15-21-13-23(26(28,29)30)34-35(21)20-9-5-6-18(27)12-20/h2-14,16H,15H2,1H3,(H,32,36)(H,33,37). The number of nitrogens with zero attached hydrogens (tertiary/aromatic N) is 3. The number of anilines is 1. The van der Waals surface area contributed by atoms with Crippen molar-refractivity contribution in [3.05, 3.63) is 107 Å². The SMILES string of the molecule is CC(C(=O)NCc1cc(C(F)(F)F)nn1-c1cccc(Cl)c1)c1ccc(C(=O)Nc2ccccc2)nc1. The average molecular weight is 528 g/mol. The van der Waals surface area contributed by atoms with E-state index < -0.39 is 29.6 Å². The normalized spacial score (nSPS) is 12.1. The van der Waals surface area contributed by atoms with Crippen molar-refractivity contribution in [3.63, 3.8) is 0 Å². The Kier molecular flexibility index (Phi) is 7.58. The van der Waals surface area contributed by atoms with Crippen molar-refractivity contribution in [3.8, 4) is 5.69 Å². The summed E-state index contributed by atoms with van der Waals surface area (Å²) in [5.74, 6) is -1.51. The van der Waals surface area contributed by atoms with E-state index in [-0.39, 0.29) is 17.9 Å². The van der Waals surface area contributed by atoms with Gasteiger partial charge < -0.3 is 10.6 Å². The molecule has 0 bridgehead atoms. The van der Waals surface area contributed by atoms with E-state index in [2.05, 4.69) is 20.7 Å². The van der Waals surface area contributed by atoms with Gasteiger partial charge in [0.25, 0.3) is 5.91 Å². The van der Waals surface area contributed by atoms with Crippen LogP contribution in [-0.4, -0.2) is 26.6 Å². The molecule has 0 aliphatic rings. The van der Waals surface area contributed by atoms with Crippen LogP contribution in [0.3, 0.4) is 0 Å². The largest absolute Gasteiger partial charge is 0.435 e. The van der Waals surface area contributed by atoms with Crippen molar-refractivity contribution in [2.45, 2.75) is 25.6 Å². The van der Waals surface area contributed by atoms with Gasteiger partial charge >= 0.3 is 6.18 Å². The molecule has 0 aliphatic carbocycles. The molecule has 1 unspecified atom stereocenters. The Morgan fingerprint density at radius 1 is 1.03 bits per heavy atom. The van der Waals surface area contributed by atoms with E-state index in [0.29, 0.717) is 22.0 Å². The lowest BCUT2D eigenvalue weighted by Crippen LogP contribution is -2.28. The third-order valence-corrected chi connectivity index (χ3v) is 5.75. The van der Waals surface area contributed by atoms with E-state index in [1.807, 2.05) is 6.07 Å². The Labute approximate surface area is 215 Å². The summed E-state index contributed by atoms with van der Waals surface area (Å²) >= 11 is 5.99. The van der Waals surface area contributed by atoms with Crippen molar-refractivity contribution in [1.29, 1.82) is 0 Å². The van der Waals surface area contributed by atoms with Crippen LogP contribution in [0.2, 0.25) is 5.02 Å². The summed E-state index contributed by atoms with van der Waals surface area (Å²) in [6, 6.07) is 19.1. The molecule has 0 fully saturated rings. The average Bonchev–Trinajstić information content (AvgIpc) is 3.32. The summed E-state index contributed by atoms with van der Waals surface area (Å²) < 4.78 is 41.0. The molecule has 1 atom stereocenters. The molecule has 2 amide bonds. The molecule has 37 heavy (non-hydrogen) atoms. The van der Waals surface area contributed by atoms with Gasteiger partial charge in [0.05, 0.1) is 23.8 Å². The maximum atomic E-state index is 13.3. The Bertz CT molecular complexity index is 1410. The lowest BCUT2D eigenvalue weighted by Gasteiger charge is -2.14. The molecule has 0 aliphatic heterocycles. The molecule has 2 aromatic carbocycles. The lowest BCUT2D eigenvalue weighted by molar-refractivity contribution is -0.141. The van der Waals surface area contributed by atoms with Gasteiger partial charge in [-0.25, -0.2) is 4.68 Å². The molecule has 2 N–H and O–H groups in total. The van der Waals surface area contributed by atoms with Gasteiger partial charge in [0.2, 0.25) is 5.91 Å². The highest BCUT2D eigenvalue weighted by Gasteiger charge is 2.35. The summed E-state index contributed by atoms with van der Waals surface area (Å²) in [4.78, 5) is 29.3. The quantitative estimate of drug-likeness (QED) is 0.327. The van der Waals surface area contributed by atoms with Gasteiger partial charge in [0.1, 0.15) is 5.69 Å². The fourth-order valence-electron chi connectivity index (χ4n) is 3.51. The van der Waals surface area contributed by atoms with Crippen LogP contribution < -0.4 is 10.6 Å². The second kappa shape index (κ2) is 10.8. The number of hydrogen-bond donors (Lipinski definition) is 2. The molecule has 7 nitrogen and oxygen atoms in total. The molecular weight excluding hydrogens is 507 g/mol. The van der Waals surface area contributed by atoms with Crippen LogP contribution in [0.25, 0.3) is 5.69 Å². The van der Waals surface area contributed by atoms with Crippen LogP contribution in [-0.2, 0) is 17.5 Å². The summed E-state index contributed by atoms with van der Waals surface area (Å²) in [5, 5.41) is 9.37. The second-order valence-corrected chi connectivity index (χ2v) is 8.58. The van der Waals surface area contributed by atoms with Gasteiger partial charge in [-0.05, 0) is 55.0 Å². The molecule has 0 radical (unpaired) electrons. The van der Waals surface area contributed by atoms with Crippen LogP contribution >= 0.6 is 11.6 Å². The summed E-state index contributed by atoms with van der Waals surface area (Å²) in [6.45, 7) is 1.43. The minimum atomic E-state index is -4.66. The summed E-state index contributed by atoms with van der Waals surface area (Å²) in [7, 11) is 0. The van der Waals surface area contributed by atoms with Gasteiger partial charge in [-0.2, -0.15) is 18.3 Å². The number of alkyl halides is 3. The minimum Gasteiger partial charge on any atom is -0.350 e. The zero-order valence-corrected chi connectivity index (χ0v) is 20.2. The highest BCUT2D eigenvalue weighted by Crippen LogP contribution is 2.30. The third kappa shape index (κ3) is 6.34. The van der Waals surface area contributed by atoms with Crippen molar-refractivity contribution in [2.24, 2.45) is 0 Å². The third-order valence-electron chi connectivity index (χ3n) is 5.51. The maximum absolute atomic E-state index is 13.3. The van der Waals surface area contributed by atoms with Gasteiger partial charge in [-0.3, -0.25) is 14.6 Å². The Balaban J connectivity index is 1.45. The van der Waals surface area contributed by atoms with E-state index >= 15 is 0 Å². The number of pyridine rings is 1. The van der Waals surface area contributed by atoms with Gasteiger partial charge in [-0.1, -0.05) is 41.9 Å². The van der Waals surface area contributed by atoms with Gasteiger partial charge in [0.15, 0.2) is 5.69 Å². The van der Waals surface area contributed by atoms with Crippen LogP contribution in [0.1, 0.15) is 40.3 Å². The number of nitrogens with one attached hydrogen (secondary N) is 2. The highest BCUT2D eigenvalue weighted by atomic mass is 35.5. The number of rotatable bonds is 7. The number of aromatic nitrogens is 3. The first-order valence-electron chi connectivity index (χ1n) is 11.1. The van der Waals surface area contributed by atoms with E-state index in [1.54, 1.807) is 55.5 Å². The van der Waals surface area contributed by atoms with E-state index in [0.717, 1.165) is 10.7 Å². The number of halogens is 4. The molecular formula is C26H21ClF3N5O2. The molecule has 0 saturated carbocycles. The minimum absolute atomic E-state index is 0.126. The first kappa shape index (κ1) is 25.9. The molecule has 2 aromatic heterocycles. The van der Waals surface area contributed by atoms with Crippen molar-refractivity contribution in [1.82, 2.24) is 20.1 Å². The predicted molar refractivity (Wildman–Crippen MR) is 132 cm³/mol. The van der Waals surface area contributed by atoms with Crippen LogP contribution in [0.4, 0.5) is 18.9 Å². The predicted octanol–water partition coefficient (Wildman–Crippen LogP) is 5.61. The molecule has 190 valence electrons. The van der Waals surface area contributed by atoms with E-state index in [4.69, 9.17) is 11.6 Å². The van der Waals surface area contributed by atoms with Crippen molar-refractivity contribution in [2.75, 3.05) is 5.32 Å². The monoisotopic (exact) mass is 527 g/mol. The molecule has 4 aromatic rings. The second-order valence-electron chi connectivity index (χ2n) is 8.15. The number of benzene rings is 2. The van der Waals surface area contributed by atoms with Gasteiger partial charge in [-0.15, -0.1) is 0 Å². The lowest BCUT2D eigenvalue weighted by atomic mass is 10.0. The maximum Gasteiger partial charge on any atom is 0.435 e. The zero-order chi connectivity index (χ0) is 26.6. The van der Waals surface area contributed by atoms with Gasteiger partial charge in [0, 0.05) is 16.9 Å². The highest BCUT2D eigenvalue weighted by molar-refractivity contribution is 6.30. The fraction of sp³-hybridized carbons (Fsp3) is 0.154. The number of para-hydroxylation sites is 1. The van der Waals surface area contributed by atoms with E-state index in [1.165, 1.54) is 18.3 Å². The molecule has 0 saturated heterocycles. The zero-order valence-electron chi connectivity index (χ0n) is 19.5. The molecule has 4 rings (SSSR count). The van der Waals surface area contributed by atoms with Crippen molar-refractivity contribution < 1.29 is 22.8 Å². The topological polar surface area (TPSA) is 88.9 Å². The Morgan fingerprint density at radius 2 is 1.78 bits per heavy atom. The summed E-state index contributed by atoms with van der Waals surface area (Å²) in [6.07, 6.45) is -3.24. The molecule has 0 spiro atoms. The number of hydrogen-bond acceptors (Lipinski definition) is 4. The first-order valence-corrected chi connectivity index (χ1v) is 11.5. The first-order chi connectivity index (χ1) is 17.6.